The van der Waals surface area contributed by atoms with Gasteiger partial charge in [-0.05, 0) is 37.9 Å². The number of thiazole rings is 1. The van der Waals surface area contributed by atoms with Crippen molar-refractivity contribution >= 4 is 27.5 Å². The van der Waals surface area contributed by atoms with Crippen molar-refractivity contribution in [2.75, 3.05) is 19.7 Å². The van der Waals surface area contributed by atoms with Gasteiger partial charge in [0.2, 0.25) is 5.91 Å². The molecule has 1 amide bonds. The molecule has 2 aromatic rings. The molecular formula is C18H23N3O2S. The van der Waals surface area contributed by atoms with Crippen molar-refractivity contribution in [2.24, 2.45) is 0 Å². The van der Waals surface area contributed by atoms with E-state index in [1.165, 1.54) is 25.8 Å². The molecular weight excluding hydrogens is 322 g/mol. The number of piperidine rings is 1. The fourth-order valence-electron chi connectivity index (χ4n) is 3.88. The van der Waals surface area contributed by atoms with Crippen LogP contribution in [-0.2, 0) is 16.1 Å². The number of para-hydroxylation sites is 1. The first-order valence-corrected chi connectivity index (χ1v) is 9.57. The van der Waals surface area contributed by atoms with Gasteiger partial charge < -0.3 is 10.1 Å². The van der Waals surface area contributed by atoms with Crippen molar-refractivity contribution in [3.63, 3.8) is 0 Å². The Labute approximate surface area is 146 Å². The molecule has 2 saturated heterocycles. The Morgan fingerprint density at radius 2 is 2.21 bits per heavy atom. The molecule has 1 N–H and O–H groups in total. The first kappa shape index (κ1) is 16.0. The van der Waals surface area contributed by atoms with Crippen LogP contribution in [0.25, 0.3) is 10.2 Å². The van der Waals surface area contributed by atoms with E-state index in [1.807, 2.05) is 18.2 Å². The molecule has 5 nitrogen and oxygen atoms in total. The number of hydrogen-bond donors (Lipinski definition) is 1. The molecule has 0 unspecified atom stereocenters. The second kappa shape index (κ2) is 7.17. The summed E-state index contributed by atoms with van der Waals surface area (Å²) in [5.74, 6) is -0.00599. The van der Waals surface area contributed by atoms with Crippen LogP contribution in [0.3, 0.4) is 0 Å². The Balaban J connectivity index is 1.24. The van der Waals surface area contributed by atoms with Crippen LogP contribution in [-0.4, -0.2) is 47.6 Å². The molecule has 0 radical (unpaired) electrons. The molecule has 2 fully saturated rings. The monoisotopic (exact) mass is 345 g/mol. The van der Waals surface area contributed by atoms with Crippen molar-refractivity contribution in [2.45, 2.75) is 44.4 Å². The molecule has 128 valence electrons. The highest BCUT2D eigenvalue weighted by Crippen LogP contribution is 2.27. The summed E-state index contributed by atoms with van der Waals surface area (Å²) in [4.78, 5) is 19.2. The Bertz CT molecular complexity index is 684. The number of hydrogen-bond acceptors (Lipinski definition) is 5. The highest BCUT2D eigenvalue weighted by atomic mass is 32.1. The highest BCUT2D eigenvalue weighted by Gasteiger charge is 2.36. The van der Waals surface area contributed by atoms with E-state index in [0.717, 1.165) is 28.2 Å². The lowest BCUT2D eigenvalue weighted by atomic mass is 9.99. The summed E-state index contributed by atoms with van der Waals surface area (Å²) in [5, 5.41) is 4.09. The molecule has 1 aromatic carbocycles. The topological polar surface area (TPSA) is 54.5 Å². The minimum atomic E-state index is -0.00599. The molecule has 3 heterocycles. The Morgan fingerprint density at radius 3 is 3.12 bits per heavy atom. The molecule has 2 atom stereocenters. The Kier molecular flexibility index (Phi) is 4.78. The largest absolute Gasteiger partial charge is 0.364 e. The van der Waals surface area contributed by atoms with Gasteiger partial charge in [-0.15, -0.1) is 11.3 Å². The van der Waals surface area contributed by atoms with Crippen LogP contribution in [0.15, 0.2) is 24.3 Å². The van der Waals surface area contributed by atoms with E-state index in [2.05, 4.69) is 21.3 Å². The summed E-state index contributed by atoms with van der Waals surface area (Å²) in [6, 6.07) is 8.87. The maximum atomic E-state index is 12.2. The number of benzene rings is 1. The third-order valence-corrected chi connectivity index (χ3v) is 6.01. The summed E-state index contributed by atoms with van der Waals surface area (Å²) in [5.41, 5.74) is 0.994. The molecule has 24 heavy (non-hydrogen) atoms. The number of aromatic nitrogens is 1. The first-order valence-electron chi connectivity index (χ1n) is 8.75. The minimum Gasteiger partial charge on any atom is -0.364 e. The lowest BCUT2D eigenvalue weighted by Crippen LogP contribution is -2.47. The van der Waals surface area contributed by atoms with E-state index >= 15 is 0 Å². The third-order valence-electron chi connectivity index (χ3n) is 5.00. The Hall–Kier alpha value is -1.50. The molecule has 4 rings (SSSR count). The number of ether oxygens (including phenoxy) is 1. The van der Waals surface area contributed by atoms with Gasteiger partial charge in [0, 0.05) is 18.6 Å². The van der Waals surface area contributed by atoms with Gasteiger partial charge in [0.1, 0.15) is 11.6 Å². The molecule has 6 heteroatoms. The van der Waals surface area contributed by atoms with Crippen LogP contribution < -0.4 is 5.32 Å². The average molecular weight is 345 g/mol. The van der Waals surface area contributed by atoms with Crippen LogP contribution in [0.2, 0.25) is 0 Å². The highest BCUT2D eigenvalue weighted by molar-refractivity contribution is 7.18. The van der Waals surface area contributed by atoms with E-state index in [0.29, 0.717) is 18.7 Å². The molecule has 2 aliphatic heterocycles. The average Bonchev–Trinajstić information content (AvgIpc) is 3.19. The fourth-order valence-corrected chi connectivity index (χ4v) is 4.78. The van der Waals surface area contributed by atoms with Crippen molar-refractivity contribution in [1.29, 1.82) is 0 Å². The zero-order chi connectivity index (χ0) is 16.4. The predicted octanol–water partition coefficient (Wildman–Crippen LogP) is 2.56. The van der Waals surface area contributed by atoms with Crippen LogP contribution in [0.5, 0.6) is 0 Å². The van der Waals surface area contributed by atoms with Crippen LogP contribution in [0, 0.1) is 0 Å². The number of rotatable bonds is 5. The van der Waals surface area contributed by atoms with Gasteiger partial charge in [0.05, 0.1) is 16.8 Å². The van der Waals surface area contributed by atoms with Gasteiger partial charge in [-0.2, -0.15) is 0 Å². The molecule has 1 aromatic heterocycles. The van der Waals surface area contributed by atoms with E-state index in [9.17, 15) is 4.79 Å². The third kappa shape index (κ3) is 3.45. The summed E-state index contributed by atoms with van der Waals surface area (Å²) >= 11 is 1.62. The molecule has 0 aliphatic carbocycles. The fraction of sp³-hybridized carbons (Fsp3) is 0.556. The van der Waals surface area contributed by atoms with Gasteiger partial charge >= 0.3 is 0 Å². The second-order valence-electron chi connectivity index (χ2n) is 6.63. The number of amides is 1. The predicted molar refractivity (Wildman–Crippen MR) is 95.0 cm³/mol. The van der Waals surface area contributed by atoms with Gasteiger partial charge in [0.25, 0.3) is 0 Å². The number of nitrogens with one attached hydrogen (secondary N) is 1. The second-order valence-corrected chi connectivity index (χ2v) is 7.75. The minimum absolute atomic E-state index is 0.00599. The summed E-state index contributed by atoms with van der Waals surface area (Å²) < 4.78 is 6.74. The normalized spacial score (nSPS) is 24.2. The molecule has 2 aliphatic rings. The van der Waals surface area contributed by atoms with Gasteiger partial charge in [-0.1, -0.05) is 18.6 Å². The van der Waals surface area contributed by atoms with Crippen molar-refractivity contribution < 1.29 is 9.53 Å². The number of carbonyl (C=O) groups excluding carboxylic acids is 1. The molecule has 0 bridgehead atoms. The molecule has 0 spiro atoms. The summed E-state index contributed by atoms with van der Waals surface area (Å²) in [7, 11) is 0. The lowest BCUT2D eigenvalue weighted by Gasteiger charge is -2.32. The maximum Gasteiger partial charge on any atom is 0.246 e. The van der Waals surface area contributed by atoms with Crippen molar-refractivity contribution in [3.05, 3.63) is 29.3 Å². The number of nitrogens with zero attached hydrogens (tertiary/aromatic N) is 2. The SMILES string of the molecule is O=C(COCc1nc2ccccc2s1)N[C@@H]1CCN2CCCC[C@@H]12. The van der Waals surface area contributed by atoms with Crippen molar-refractivity contribution in [3.8, 4) is 0 Å². The van der Waals surface area contributed by atoms with Crippen LogP contribution >= 0.6 is 11.3 Å². The standard InChI is InChI=1S/C18H23N3O2S/c22-17(19-13-8-10-21-9-4-3-6-15(13)21)11-23-12-18-20-14-5-1-2-7-16(14)24-18/h1-2,5,7,13,15H,3-4,6,8-12H2,(H,19,22)/t13-,15+/m1/s1. The number of carbonyl (C=O) groups is 1. The van der Waals surface area contributed by atoms with E-state index in [1.54, 1.807) is 11.3 Å². The number of fused-ring (bicyclic) bond motifs is 2. The first-order chi connectivity index (χ1) is 11.8. The zero-order valence-corrected chi connectivity index (χ0v) is 14.6. The van der Waals surface area contributed by atoms with Crippen LogP contribution in [0.1, 0.15) is 30.7 Å². The molecule has 0 saturated carbocycles. The van der Waals surface area contributed by atoms with Crippen LogP contribution in [0.4, 0.5) is 0 Å². The van der Waals surface area contributed by atoms with E-state index in [4.69, 9.17) is 4.74 Å². The summed E-state index contributed by atoms with van der Waals surface area (Å²) in [6.45, 7) is 2.81. The smallest absolute Gasteiger partial charge is 0.246 e. The quantitative estimate of drug-likeness (QED) is 0.905. The maximum absolute atomic E-state index is 12.2. The van der Waals surface area contributed by atoms with E-state index in [-0.39, 0.29) is 12.5 Å². The Morgan fingerprint density at radius 1 is 1.29 bits per heavy atom. The van der Waals surface area contributed by atoms with E-state index < -0.39 is 0 Å². The summed E-state index contributed by atoms with van der Waals surface area (Å²) in [6.07, 6.45) is 4.84. The van der Waals surface area contributed by atoms with Crippen molar-refractivity contribution in [1.82, 2.24) is 15.2 Å². The lowest BCUT2D eigenvalue weighted by molar-refractivity contribution is -0.127. The van der Waals surface area contributed by atoms with Gasteiger partial charge in [-0.25, -0.2) is 4.98 Å². The van der Waals surface area contributed by atoms with Gasteiger partial charge in [0.15, 0.2) is 0 Å². The zero-order valence-electron chi connectivity index (χ0n) is 13.7. The van der Waals surface area contributed by atoms with Gasteiger partial charge in [-0.3, -0.25) is 9.69 Å².